The van der Waals surface area contributed by atoms with E-state index in [9.17, 15) is 0 Å². The molecular weight excluding hydrogens is 413 g/mol. The van der Waals surface area contributed by atoms with Crippen molar-refractivity contribution in [1.82, 2.24) is 5.32 Å². The molecule has 6 heteroatoms. The summed E-state index contributed by atoms with van der Waals surface area (Å²) in [5.41, 5.74) is 2.85. The van der Waals surface area contributed by atoms with Crippen molar-refractivity contribution in [3.05, 3.63) is 93.5 Å². The van der Waals surface area contributed by atoms with Crippen LogP contribution in [-0.4, -0.2) is 12.1 Å². The molecule has 3 nitrogen and oxygen atoms in total. The lowest BCUT2D eigenvalue weighted by Gasteiger charge is -2.12. The van der Waals surface area contributed by atoms with Crippen LogP contribution in [0.15, 0.2) is 66.7 Å². The zero-order chi connectivity index (χ0) is 19.9. The molecule has 0 radical (unpaired) electrons. The predicted molar refractivity (Wildman–Crippen MR) is 119 cm³/mol. The second kappa shape index (κ2) is 9.78. The van der Waals surface area contributed by atoms with E-state index in [2.05, 4.69) is 5.32 Å². The maximum absolute atomic E-state index is 6.19. The van der Waals surface area contributed by atoms with Crippen LogP contribution in [0.2, 0.25) is 10.0 Å². The van der Waals surface area contributed by atoms with Gasteiger partial charge in [0.15, 0.2) is 0 Å². The van der Waals surface area contributed by atoms with Crippen molar-refractivity contribution in [3.8, 4) is 11.5 Å². The Labute approximate surface area is 180 Å². The van der Waals surface area contributed by atoms with Crippen molar-refractivity contribution in [3.63, 3.8) is 0 Å². The van der Waals surface area contributed by atoms with Crippen molar-refractivity contribution in [1.29, 1.82) is 0 Å². The maximum Gasteiger partial charge on any atom is 0.120 e. The van der Waals surface area contributed by atoms with Gasteiger partial charge in [0, 0.05) is 27.7 Å². The maximum atomic E-state index is 6.19. The standard InChI is InChI=1S/C22H19Cl2NO2S/c1-26-19-6-2-4-15(10-19)13-25-22(28)16-5-3-7-20(11-16)27-14-17-8-9-18(23)12-21(17)24/h2-12H,13-14H2,1H3,(H,25,28). The van der Waals surface area contributed by atoms with Gasteiger partial charge in [-0.15, -0.1) is 0 Å². The van der Waals surface area contributed by atoms with E-state index in [1.54, 1.807) is 19.2 Å². The van der Waals surface area contributed by atoms with Gasteiger partial charge in [0.25, 0.3) is 0 Å². The van der Waals surface area contributed by atoms with Gasteiger partial charge in [0.05, 0.1) is 7.11 Å². The second-order valence-corrected chi connectivity index (χ2v) is 7.34. The van der Waals surface area contributed by atoms with Gasteiger partial charge in [0.1, 0.15) is 23.1 Å². The molecule has 3 rings (SSSR count). The number of rotatable bonds is 7. The summed E-state index contributed by atoms with van der Waals surface area (Å²) in [6.45, 7) is 0.963. The number of nitrogens with one attached hydrogen (secondary N) is 1. The molecule has 0 heterocycles. The van der Waals surface area contributed by atoms with Crippen LogP contribution in [-0.2, 0) is 13.2 Å². The largest absolute Gasteiger partial charge is 0.497 e. The molecule has 3 aromatic carbocycles. The second-order valence-electron chi connectivity index (χ2n) is 6.09. The lowest BCUT2D eigenvalue weighted by Crippen LogP contribution is -2.21. The summed E-state index contributed by atoms with van der Waals surface area (Å²) in [4.78, 5) is 0.651. The summed E-state index contributed by atoms with van der Waals surface area (Å²) in [5.74, 6) is 1.54. The highest BCUT2D eigenvalue weighted by Gasteiger charge is 2.06. The van der Waals surface area contributed by atoms with Gasteiger partial charge in [-0.2, -0.15) is 0 Å². The third-order valence-corrected chi connectivity index (χ3v) is 5.06. The van der Waals surface area contributed by atoms with Gasteiger partial charge in [-0.05, 0) is 42.0 Å². The van der Waals surface area contributed by atoms with E-state index in [1.807, 2.05) is 54.6 Å². The highest BCUT2D eigenvalue weighted by Crippen LogP contribution is 2.23. The van der Waals surface area contributed by atoms with Crippen LogP contribution >= 0.6 is 35.4 Å². The van der Waals surface area contributed by atoms with Crippen molar-refractivity contribution in [2.45, 2.75) is 13.2 Å². The van der Waals surface area contributed by atoms with E-state index in [0.29, 0.717) is 33.9 Å². The molecule has 0 aliphatic rings. The minimum Gasteiger partial charge on any atom is -0.497 e. The van der Waals surface area contributed by atoms with Gasteiger partial charge < -0.3 is 14.8 Å². The average Bonchev–Trinajstić information content (AvgIpc) is 2.71. The Morgan fingerprint density at radius 3 is 2.54 bits per heavy atom. The van der Waals surface area contributed by atoms with Crippen LogP contribution < -0.4 is 14.8 Å². The van der Waals surface area contributed by atoms with E-state index in [1.165, 1.54) is 0 Å². The van der Waals surface area contributed by atoms with Crippen LogP contribution in [0.25, 0.3) is 0 Å². The van der Waals surface area contributed by atoms with Crippen molar-refractivity contribution in [2.24, 2.45) is 0 Å². The normalized spacial score (nSPS) is 10.4. The first-order valence-electron chi connectivity index (χ1n) is 8.63. The van der Waals surface area contributed by atoms with Gasteiger partial charge in [-0.25, -0.2) is 0 Å². The monoisotopic (exact) mass is 431 g/mol. The Kier molecular flexibility index (Phi) is 7.15. The molecule has 28 heavy (non-hydrogen) atoms. The molecule has 0 fully saturated rings. The van der Waals surface area contributed by atoms with Gasteiger partial charge in [-0.1, -0.05) is 65.8 Å². The van der Waals surface area contributed by atoms with Gasteiger partial charge in [0.2, 0.25) is 0 Å². The first kappa shape index (κ1) is 20.5. The molecule has 0 amide bonds. The smallest absolute Gasteiger partial charge is 0.120 e. The molecule has 144 valence electrons. The SMILES string of the molecule is COc1cccc(CNC(=S)c2cccc(OCc3ccc(Cl)cc3Cl)c2)c1. The quantitative estimate of drug-likeness (QED) is 0.461. The molecule has 0 aromatic heterocycles. The average molecular weight is 432 g/mol. The Morgan fingerprint density at radius 1 is 0.964 bits per heavy atom. The summed E-state index contributed by atoms with van der Waals surface area (Å²) in [6, 6.07) is 20.9. The van der Waals surface area contributed by atoms with Crippen LogP contribution in [0.4, 0.5) is 0 Å². The third kappa shape index (κ3) is 5.61. The van der Waals surface area contributed by atoms with E-state index >= 15 is 0 Å². The fourth-order valence-electron chi connectivity index (χ4n) is 2.59. The number of benzene rings is 3. The highest BCUT2D eigenvalue weighted by atomic mass is 35.5. The minimum atomic E-state index is 0.351. The molecule has 0 aliphatic heterocycles. The van der Waals surface area contributed by atoms with Crippen molar-refractivity contribution < 1.29 is 9.47 Å². The van der Waals surface area contributed by atoms with E-state index in [-0.39, 0.29) is 0 Å². The summed E-state index contributed by atoms with van der Waals surface area (Å²) >= 11 is 17.6. The molecule has 0 spiro atoms. The first-order chi connectivity index (χ1) is 13.5. The molecule has 0 unspecified atom stereocenters. The fourth-order valence-corrected chi connectivity index (χ4v) is 3.26. The molecule has 0 aliphatic carbocycles. The number of thiocarbonyl (C=S) groups is 1. The lowest BCUT2D eigenvalue weighted by molar-refractivity contribution is 0.306. The van der Waals surface area contributed by atoms with Crippen LogP contribution in [0.1, 0.15) is 16.7 Å². The number of methoxy groups -OCH3 is 1. The summed E-state index contributed by atoms with van der Waals surface area (Å²) in [7, 11) is 1.65. The van der Waals surface area contributed by atoms with Crippen LogP contribution in [0.5, 0.6) is 11.5 Å². The fraction of sp³-hybridized carbons (Fsp3) is 0.136. The summed E-state index contributed by atoms with van der Waals surface area (Å²) < 4.78 is 11.1. The predicted octanol–water partition coefficient (Wildman–Crippen LogP) is 6.05. The molecule has 3 aromatic rings. The topological polar surface area (TPSA) is 30.5 Å². The minimum absolute atomic E-state index is 0.351. The van der Waals surface area contributed by atoms with E-state index in [4.69, 9.17) is 44.9 Å². The van der Waals surface area contributed by atoms with Crippen molar-refractivity contribution >= 4 is 40.4 Å². The molecule has 0 atom stereocenters. The Hall–Kier alpha value is -2.27. The molecular formula is C22H19Cl2NO2S. The molecule has 0 saturated carbocycles. The van der Waals surface area contributed by atoms with Gasteiger partial charge in [-0.3, -0.25) is 0 Å². The summed E-state index contributed by atoms with van der Waals surface area (Å²) in [6.07, 6.45) is 0. The Balaban J connectivity index is 1.61. The lowest BCUT2D eigenvalue weighted by atomic mass is 10.2. The summed E-state index contributed by atoms with van der Waals surface area (Å²) in [5, 5.41) is 4.45. The number of hydrogen-bond donors (Lipinski definition) is 1. The number of ether oxygens (including phenoxy) is 2. The molecule has 0 saturated heterocycles. The highest BCUT2D eigenvalue weighted by molar-refractivity contribution is 7.80. The van der Waals surface area contributed by atoms with Crippen LogP contribution in [0.3, 0.4) is 0 Å². The zero-order valence-corrected chi connectivity index (χ0v) is 17.6. The Bertz CT molecular complexity index is 978. The molecule has 1 N–H and O–H groups in total. The zero-order valence-electron chi connectivity index (χ0n) is 15.2. The van der Waals surface area contributed by atoms with Gasteiger partial charge >= 0.3 is 0 Å². The number of hydrogen-bond acceptors (Lipinski definition) is 3. The van der Waals surface area contributed by atoms with Crippen molar-refractivity contribution in [2.75, 3.05) is 7.11 Å². The third-order valence-electron chi connectivity index (χ3n) is 4.09. The number of halogens is 2. The Morgan fingerprint density at radius 2 is 1.75 bits per heavy atom. The van der Waals surface area contributed by atoms with Crippen LogP contribution in [0, 0.1) is 0 Å². The van der Waals surface area contributed by atoms with E-state index < -0.39 is 0 Å². The molecule has 0 bridgehead atoms. The van der Waals surface area contributed by atoms with E-state index in [0.717, 1.165) is 22.4 Å². The first-order valence-corrected chi connectivity index (χ1v) is 9.79.